The van der Waals surface area contributed by atoms with E-state index < -0.39 is 10.0 Å². The molecule has 2 fully saturated rings. The largest absolute Gasteiger partial charge is 0.375 e. The third kappa shape index (κ3) is 4.40. The summed E-state index contributed by atoms with van der Waals surface area (Å²) in [4.78, 5) is 15.8. The van der Waals surface area contributed by atoms with Gasteiger partial charge in [-0.2, -0.15) is 0 Å². The number of aryl methyl sites for hydroxylation is 2. The number of ether oxygens (including phenoxy) is 1. The molecule has 198 valence electrons. The summed E-state index contributed by atoms with van der Waals surface area (Å²) >= 11 is 0. The normalized spacial score (nSPS) is 17.9. The van der Waals surface area contributed by atoms with Crippen molar-refractivity contribution in [3.8, 4) is 11.1 Å². The fourth-order valence-electron chi connectivity index (χ4n) is 5.90. The minimum Gasteiger partial charge on any atom is -0.375 e. The Morgan fingerprint density at radius 2 is 1.76 bits per heavy atom. The molecule has 7 nitrogen and oxygen atoms in total. The summed E-state index contributed by atoms with van der Waals surface area (Å²) in [6.07, 6.45) is 7.77. The maximum atomic E-state index is 13.7. The van der Waals surface area contributed by atoms with E-state index in [-0.39, 0.29) is 21.6 Å². The number of likely N-dealkylation sites (tertiary alicyclic amines) is 1. The maximum absolute atomic E-state index is 13.7. The molecule has 0 N–H and O–H groups in total. The molecule has 2 saturated heterocycles. The highest BCUT2D eigenvalue weighted by atomic mass is 32.2. The van der Waals surface area contributed by atoms with Crippen molar-refractivity contribution in [1.82, 2.24) is 13.4 Å². The van der Waals surface area contributed by atoms with E-state index in [1.54, 1.807) is 43.7 Å². The van der Waals surface area contributed by atoms with E-state index in [0.717, 1.165) is 65.3 Å². The van der Waals surface area contributed by atoms with Gasteiger partial charge in [-0.3, -0.25) is 9.69 Å². The lowest BCUT2D eigenvalue weighted by Gasteiger charge is -2.38. The predicted octanol–water partition coefficient (Wildman–Crippen LogP) is 4.70. The molecule has 2 aliphatic heterocycles. The molecule has 1 spiro atoms. The number of piperidine rings is 1. The Hall–Kier alpha value is -3.20. The van der Waals surface area contributed by atoms with Crippen LogP contribution < -0.4 is 5.56 Å². The van der Waals surface area contributed by atoms with Crippen LogP contribution in [0.4, 0.5) is 0 Å². The molecular formula is C30H33N3O4S. The standard InChI is InChI=1S/C30H33N3O4S/c1-22-7-9-25(10-8-22)38(35,36)33-21-27(26-11-15-31(2)29(34)28(26)33)24-6-3-5-23(19-24)20-32-16-13-30(14-17-32)12-4-18-37-30/h3,5-11,15,19,21H,4,12-14,16-18,20H2,1-2H3. The van der Waals surface area contributed by atoms with E-state index in [1.807, 2.05) is 25.1 Å². The highest BCUT2D eigenvalue weighted by Gasteiger charge is 2.38. The van der Waals surface area contributed by atoms with Crippen LogP contribution in [0.15, 0.2) is 76.7 Å². The zero-order valence-corrected chi connectivity index (χ0v) is 22.7. The summed E-state index contributed by atoms with van der Waals surface area (Å²) in [5.41, 5.74) is 3.66. The molecule has 0 aliphatic carbocycles. The Bertz CT molecular complexity index is 1650. The van der Waals surface area contributed by atoms with Crippen LogP contribution >= 0.6 is 0 Å². The van der Waals surface area contributed by atoms with Crippen molar-refractivity contribution in [2.45, 2.75) is 49.6 Å². The highest BCUT2D eigenvalue weighted by molar-refractivity contribution is 7.90. The second-order valence-electron chi connectivity index (χ2n) is 10.8. The van der Waals surface area contributed by atoms with Gasteiger partial charge < -0.3 is 9.30 Å². The van der Waals surface area contributed by atoms with Gasteiger partial charge in [0.15, 0.2) is 0 Å². The number of nitrogens with zero attached hydrogens (tertiary/aromatic N) is 3. The van der Waals surface area contributed by atoms with Crippen LogP contribution in [0.2, 0.25) is 0 Å². The molecule has 2 aromatic carbocycles. The first-order valence-electron chi connectivity index (χ1n) is 13.2. The maximum Gasteiger partial charge on any atom is 0.275 e. The minimum absolute atomic E-state index is 0.0926. The van der Waals surface area contributed by atoms with Gasteiger partial charge in [-0.25, -0.2) is 12.4 Å². The number of benzene rings is 2. The Labute approximate surface area is 223 Å². The lowest BCUT2D eigenvalue weighted by atomic mass is 9.88. The lowest BCUT2D eigenvalue weighted by molar-refractivity contribution is -0.0447. The van der Waals surface area contributed by atoms with Gasteiger partial charge in [0, 0.05) is 56.6 Å². The van der Waals surface area contributed by atoms with Gasteiger partial charge in [-0.05, 0) is 68.0 Å². The van der Waals surface area contributed by atoms with E-state index in [0.29, 0.717) is 5.39 Å². The summed E-state index contributed by atoms with van der Waals surface area (Å²) in [6, 6.07) is 16.8. The number of fused-ring (bicyclic) bond motifs is 1. The van der Waals surface area contributed by atoms with Crippen LogP contribution in [-0.4, -0.2) is 47.2 Å². The molecule has 0 saturated carbocycles. The molecule has 0 unspecified atom stereocenters. The van der Waals surface area contributed by atoms with E-state index >= 15 is 0 Å². The molecule has 8 heteroatoms. The number of hydrogen-bond acceptors (Lipinski definition) is 5. The van der Waals surface area contributed by atoms with E-state index in [4.69, 9.17) is 4.74 Å². The molecule has 0 radical (unpaired) electrons. The van der Waals surface area contributed by atoms with E-state index in [2.05, 4.69) is 17.0 Å². The number of rotatable bonds is 5. The van der Waals surface area contributed by atoms with Crippen LogP contribution in [-0.2, 0) is 28.4 Å². The summed E-state index contributed by atoms with van der Waals surface area (Å²) in [6.45, 7) is 5.64. The highest BCUT2D eigenvalue weighted by Crippen LogP contribution is 2.36. The fraction of sp³-hybridized carbons (Fsp3) is 0.367. The van der Waals surface area contributed by atoms with Crippen molar-refractivity contribution in [1.29, 1.82) is 0 Å². The monoisotopic (exact) mass is 531 g/mol. The second-order valence-corrected chi connectivity index (χ2v) is 12.6. The fourth-order valence-corrected chi connectivity index (χ4v) is 7.27. The lowest BCUT2D eigenvalue weighted by Crippen LogP contribution is -2.43. The van der Waals surface area contributed by atoms with Gasteiger partial charge in [0.1, 0.15) is 5.52 Å². The van der Waals surface area contributed by atoms with Gasteiger partial charge in [0.25, 0.3) is 15.6 Å². The Morgan fingerprint density at radius 1 is 1.00 bits per heavy atom. The summed E-state index contributed by atoms with van der Waals surface area (Å²) in [5, 5.41) is 0.624. The zero-order chi connectivity index (χ0) is 26.5. The van der Waals surface area contributed by atoms with Crippen molar-refractivity contribution in [3.05, 3.63) is 88.5 Å². The molecule has 2 aliphatic rings. The Balaban J connectivity index is 1.37. The van der Waals surface area contributed by atoms with E-state index in [1.165, 1.54) is 17.4 Å². The van der Waals surface area contributed by atoms with E-state index in [9.17, 15) is 13.2 Å². The Morgan fingerprint density at radius 3 is 2.47 bits per heavy atom. The molecule has 2 aromatic heterocycles. The first-order chi connectivity index (χ1) is 18.3. The van der Waals surface area contributed by atoms with Gasteiger partial charge >= 0.3 is 0 Å². The molecule has 4 heterocycles. The van der Waals surface area contributed by atoms with Crippen LogP contribution in [0.25, 0.3) is 22.0 Å². The van der Waals surface area contributed by atoms with Crippen molar-refractivity contribution in [2.75, 3.05) is 19.7 Å². The van der Waals surface area contributed by atoms with Crippen LogP contribution in [0.3, 0.4) is 0 Å². The first-order valence-corrected chi connectivity index (χ1v) is 14.7. The van der Waals surface area contributed by atoms with Gasteiger partial charge in [-0.15, -0.1) is 0 Å². The molecule has 0 amide bonds. The molecule has 38 heavy (non-hydrogen) atoms. The first kappa shape index (κ1) is 25.1. The van der Waals surface area contributed by atoms with Crippen LogP contribution in [0, 0.1) is 6.92 Å². The molecule has 0 atom stereocenters. The predicted molar refractivity (Wildman–Crippen MR) is 149 cm³/mol. The topological polar surface area (TPSA) is 73.5 Å². The average molecular weight is 532 g/mol. The number of pyridine rings is 1. The zero-order valence-electron chi connectivity index (χ0n) is 21.9. The van der Waals surface area contributed by atoms with Crippen molar-refractivity contribution in [3.63, 3.8) is 0 Å². The summed E-state index contributed by atoms with van der Waals surface area (Å²) < 4.78 is 36.1. The third-order valence-electron chi connectivity index (χ3n) is 8.17. The quantitative estimate of drug-likeness (QED) is 0.373. The SMILES string of the molecule is Cc1ccc(S(=O)(=O)n2cc(-c3cccc(CN4CCC5(CCCO5)CC4)c3)c3ccn(C)c(=O)c32)cc1. The van der Waals surface area contributed by atoms with Crippen LogP contribution in [0.5, 0.6) is 0 Å². The van der Waals surface area contributed by atoms with Gasteiger partial charge in [-0.1, -0.05) is 35.9 Å². The summed E-state index contributed by atoms with van der Waals surface area (Å²) in [7, 11) is -2.33. The van der Waals surface area contributed by atoms with Crippen molar-refractivity contribution >= 4 is 20.9 Å². The third-order valence-corrected chi connectivity index (χ3v) is 9.85. The Kier molecular flexibility index (Phi) is 6.29. The summed E-state index contributed by atoms with van der Waals surface area (Å²) in [5.74, 6) is 0. The van der Waals surface area contributed by atoms with Gasteiger partial charge in [0.2, 0.25) is 0 Å². The molecule has 0 bridgehead atoms. The van der Waals surface area contributed by atoms with Crippen molar-refractivity contribution < 1.29 is 13.2 Å². The van der Waals surface area contributed by atoms with Crippen LogP contribution in [0.1, 0.15) is 36.8 Å². The second kappa shape index (κ2) is 9.52. The minimum atomic E-state index is -3.97. The number of aromatic nitrogens is 2. The molecule has 6 rings (SSSR count). The molecular weight excluding hydrogens is 498 g/mol. The smallest absolute Gasteiger partial charge is 0.275 e. The molecule has 4 aromatic rings. The average Bonchev–Trinajstić information content (AvgIpc) is 3.54. The van der Waals surface area contributed by atoms with Gasteiger partial charge in [0.05, 0.1) is 10.5 Å². The van der Waals surface area contributed by atoms with Crippen molar-refractivity contribution in [2.24, 2.45) is 7.05 Å². The number of hydrogen-bond donors (Lipinski definition) is 0.